The van der Waals surface area contributed by atoms with Crippen LogP contribution in [0.2, 0.25) is 0 Å². The minimum Gasteiger partial charge on any atom is -0.480 e. The highest BCUT2D eigenvalue weighted by Crippen LogP contribution is 2.20. The number of nitrogens with zero attached hydrogens (tertiary/aromatic N) is 3. The van der Waals surface area contributed by atoms with Crippen molar-refractivity contribution in [2.24, 2.45) is 0 Å². The topological polar surface area (TPSA) is 56.7 Å². The monoisotopic (exact) mass is 263 g/mol. The number of pyridine rings is 1. The molecule has 19 heavy (non-hydrogen) atoms. The second kappa shape index (κ2) is 6.12. The van der Waals surface area contributed by atoms with Crippen LogP contribution in [0.25, 0.3) is 0 Å². The summed E-state index contributed by atoms with van der Waals surface area (Å²) in [6.45, 7) is 7.26. The molecule has 2 unspecified atom stereocenters. The average molecular weight is 263 g/mol. The van der Waals surface area contributed by atoms with Crippen LogP contribution >= 0.6 is 0 Å². The van der Waals surface area contributed by atoms with Gasteiger partial charge in [0.25, 0.3) is 0 Å². The lowest BCUT2D eigenvalue weighted by atomic mass is 10.1. The van der Waals surface area contributed by atoms with E-state index in [1.807, 2.05) is 29.3 Å². The van der Waals surface area contributed by atoms with Crippen molar-refractivity contribution < 1.29 is 9.90 Å². The lowest BCUT2D eigenvalue weighted by Crippen LogP contribution is -2.52. The molecule has 1 fully saturated rings. The summed E-state index contributed by atoms with van der Waals surface area (Å²) >= 11 is 0. The number of aliphatic carboxylic acids is 1. The van der Waals surface area contributed by atoms with Gasteiger partial charge in [0.2, 0.25) is 0 Å². The molecule has 1 aliphatic heterocycles. The molecule has 0 radical (unpaired) electrons. The first-order valence-corrected chi connectivity index (χ1v) is 6.71. The fraction of sp³-hybridized carbons (Fsp3) is 0.571. The first-order valence-electron chi connectivity index (χ1n) is 6.71. The van der Waals surface area contributed by atoms with E-state index in [0.717, 1.165) is 31.9 Å². The van der Waals surface area contributed by atoms with Gasteiger partial charge < -0.3 is 5.11 Å². The Hall–Kier alpha value is -1.46. The summed E-state index contributed by atoms with van der Waals surface area (Å²) in [6.07, 6.45) is 1.81. The molecule has 1 aromatic rings. The normalized spacial score (nSPS) is 20.9. The van der Waals surface area contributed by atoms with Crippen LogP contribution in [0, 0.1) is 0 Å². The zero-order valence-electron chi connectivity index (χ0n) is 11.5. The van der Waals surface area contributed by atoms with Gasteiger partial charge in [-0.25, -0.2) is 0 Å². The van der Waals surface area contributed by atoms with E-state index in [0.29, 0.717) is 0 Å². The molecular weight excluding hydrogens is 242 g/mol. The van der Waals surface area contributed by atoms with Gasteiger partial charge in [-0.15, -0.1) is 0 Å². The Morgan fingerprint density at radius 2 is 1.84 bits per heavy atom. The quantitative estimate of drug-likeness (QED) is 0.885. The van der Waals surface area contributed by atoms with Crippen molar-refractivity contribution in [1.82, 2.24) is 14.8 Å². The standard InChI is InChI=1S/C14H21N3O2/c1-11(13-5-3-4-6-15-13)16-7-9-17(10-8-16)12(2)14(18)19/h3-6,11-12H,7-10H2,1-2H3,(H,18,19). The zero-order chi connectivity index (χ0) is 13.8. The molecule has 2 rings (SSSR count). The SMILES string of the molecule is CC(C(=O)O)N1CCN(C(C)c2ccccn2)CC1. The van der Waals surface area contributed by atoms with Gasteiger partial charge >= 0.3 is 5.97 Å². The van der Waals surface area contributed by atoms with Crippen LogP contribution in [-0.2, 0) is 4.79 Å². The molecule has 0 aromatic carbocycles. The Morgan fingerprint density at radius 3 is 2.37 bits per heavy atom. The van der Waals surface area contributed by atoms with Crippen molar-refractivity contribution in [1.29, 1.82) is 0 Å². The van der Waals surface area contributed by atoms with Crippen molar-refractivity contribution in [2.75, 3.05) is 26.2 Å². The highest BCUT2D eigenvalue weighted by Gasteiger charge is 2.27. The van der Waals surface area contributed by atoms with E-state index in [1.54, 1.807) is 6.92 Å². The average Bonchev–Trinajstić information content (AvgIpc) is 2.46. The van der Waals surface area contributed by atoms with Gasteiger partial charge in [-0.1, -0.05) is 6.07 Å². The zero-order valence-corrected chi connectivity index (χ0v) is 11.5. The number of hydrogen-bond donors (Lipinski definition) is 1. The number of piperazine rings is 1. The van der Waals surface area contributed by atoms with E-state index in [4.69, 9.17) is 5.11 Å². The van der Waals surface area contributed by atoms with Crippen molar-refractivity contribution in [3.63, 3.8) is 0 Å². The van der Waals surface area contributed by atoms with E-state index in [-0.39, 0.29) is 6.04 Å². The minimum atomic E-state index is -0.744. The molecule has 104 valence electrons. The molecule has 1 saturated heterocycles. The van der Waals surface area contributed by atoms with Crippen LogP contribution in [0.15, 0.2) is 24.4 Å². The fourth-order valence-electron chi connectivity index (χ4n) is 2.48. The van der Waals surface area contributed by atoms with Crippen molar-refractivity contribution in [2.45, 2.75) is 25.9 Å². The van der Waals surface area contributed by atoms with Gasteiger partial charge in [-0.2, -0.15) is 0 Å². The van der Waals surface area contributed by atoms with Gasteiger partial charge in [0, 0.05) is 38.4 Å². The molecule has 0 aliphatic carbocycles. The van der Waals surface area contributed by atoms with E-state index in [1.165, 1.54) is 0 Å². The number of carboxylic acid groups (broad SMARTS) is 1. The van der Waals surface area contributed by atoms with E-state index < -0.39 is 12.0 Å². The van der Waals surface area contributed by atoms with Gasteiger partial charge in [0.1, 0.15) is 6.04 Å². The fourth-order valence-corrected chi connectivity index (χ4v) is 2.48. The van der Waals surface area contributed by atoms with Crippen LogP contribution in [0.3, 0.4) is 0 Å². The highest BCUT2D eigenvalue weighted by molar-refractivity contribution is 5.72. The molecule has 5 heteroatoms. The molecule has 5 nitrogen and oxygen atoms in total. The summed E-state index contributed by atoms with van der Waals surface area (Å²) < 4.78 is 0. The van der Waals surface area contributed by atoms with Crippen LogP contribution in [0.4, 0.5) is 0 Å². The van der Waals surface area contributed by atoms with E-state index in [2.05, 4.69) is 16.8 Å². The molecule has 0 bridgehead atoms. The van der Waals surface area contributed by atoms with Gasteiger partial charge in [0.15, 0.2) is 0 Å². The van der Waals surface area contributed by atoms with Gasteiger partial charge in [-0.05, 0) is 26.0 Å². The molecule has 0 amide bonds. The van der Waals surface area contributed by atoms with Crippen LogP contribution in [0.1, 0.15) is 25.6 Å². The Labute approximate surface area is 113 Å². The summed E-state index contributed by atoms with van der Waals surface area (Å²) in [5.41, 5.74) is 1.07. The minimum absolute atomic E-state index is 0.281. The number of carboxylic acids is 1. The third-order valence-corrected chi connectivity index (χ3v) is 3.92. The number of hydrogen-bond acceptors (Lipinski definition) is 4. The van der Waals surface area contributed by atoms with Crippen LogP contribution in [-0.4, -0.2) is 58.1 Å². The number of aromatic nitrogens is 1. The largest absolute Gasteiger partial charge is 0.480 e. The van der Waals surface area contributed by atoms with Crippen molar-refractivity contribution >= 4 is 5.97 Å². The maximum Gasteiger partial charge on any atom is 0.320 e. The molecule has 0 saturated carbocycles. The first-order chi connectivity index (χ1) is 9.09. The number of rotatable bonds is 4. The lowest BCUT2D eigenvalue weighted by molar-refractivity contribution is -0.143. The van der Waals surface area contributed by atoms with Crippen LogP contribution < -0.4 is 0 Å². The number of carbonyl (C=O) groups is 1. The summed E-state index contributed by atoms with van der Waals surface area (Å²) in [7, 11) is 0. The third kappa shape index (κ3) is 3.30. The molecular formula is C14H21N3O2. The molecule has 2 heterocycles. The summed E-state index contributed by atoms with van der Waals surface area (Å²) in [5.74, 6) is -0.744. The molecule has 1 N–H and O–H groups in total. The second-order valence-electron chi connectivity index (χ2n) is 5.02. The van der Waals surface area contributed by atoms with Crippen LogP contribution in [0.5, 0.6) is 0 Å². The first kappa shape index (κ1) is 14.0. The van der Waals surface area contributed by atoms with Crippen molar-refractivity contribution in [3.8, 4) is 0 Å². The summed E-state index contributed by atoms with van der Waals surface area (Å²) in [4.78, 5) is 19.7. The maximum atomic E-state index is 11.0. The summed E-state index contributed by atoms with van der Waals surface area (Å²) in [5, 5.41) is 9.02. The Balaban J connectivity index is 1.91. The second-order valence-corrected chi connectivity index (χ2v) is 5.02. The Morgan fingerprint density at radius 1 is 1.21 bits per heavy atom. The lowest BCUT2D eigenvalue weighted by Gasteiger charge is -2.39. The molecule has 1 aromatic heterocycles. The van der Waals surface area contributed by atoms with Gasteiger partial charge in [0.05, 0.1) is 5.69 Å². The summed E-state index contributed by atoms with van der Waals surface area (Å²) in [6, 6.07) is 5.84. The Bertz CT molecular complexity index is 416. The van der Waals surface area contributed by atoms with Crippen molar-refractivity contribution in [3.05, 3.63) is 30.1 Å². The molecule has 0 spiro atoms. The third-order valence-electron chi connectivity index (χ3n) is 3.92. The Kier molecular flexibility index (Phi) is 4.50. The predicted molar refractivity (Wildman–Crippen MR) is 72.9 cm³/mol. The predicted octanol–water partition coefficient (Wildman–Crippen LogP) is 1.23. The van der Waals surface area contributed by atoms with Gasteiger partial charge in [-0.3, -0.25) is 19.6 Å². The smallest absolute Gasteiger partial charge is 0.320 e. The molecule has 1 aliphatic rings. The highest BCUT2D eigenvalue weighted by atomic mass is 16.4. The molecule has 2 atom stereocenters. The van der Waals surface area contributed by atoms with E-state index in [9.17, 15) is 4.79 Å². The van der Waals surface area contributed by atoms with E-state index >= 15 is 0 Å². The maximum absolute atomic E-state index is 11.0.